The van der Waals surface area contributed by atoms with Crippen LogP contribution < -0.4 is 10.1 Å². The minimum Gasteiger partial charge on any atom is -0.490 e. The van der Waals surface area contributed by atoms with Gasteiger partial charge in [-0.3, -0.25) is 9.78 Å². The van der Waals surface area contributed by atoms with Crippen LogP contribution in [0, 0.1) is 0 Å². The molecule has 2 fully saturated rings. The van der Waals surface area contributed by atoms with Crippen LogP contribution >= 0.6 is 11.6 Å². The Morgan fingerprint density at radius 2 is 1.83 bits per heavy atom. The molecule has 5 rings (SSSR count). The minimum atomic E-state index is -1.93. The third-order valence-corrected chi connectivity index (χ3v) is 9.72. The van der Waals surface area contributed by atoms with Gasteiger partial charge in [-0.25, -0.2) is 0 Å². The summed E-state index contributed by atoms with van der Waals surface area (Å²) in [5, 5.41) is 53.0. The smallest absolute Gasteiger partial charge is 0.253 e. The molecule has 1 amide bonds. The van der Waals surface area contributed by atoms with Crippen molar-refractivity contribution in [2.24, 2.45) is 0 Å². The number of benzene rings is 2. The van der Waals surface area contributed by atoms with E-state index in [1.54, 1.807) is 0 Å². The highest BCUT2D eigenvalue weighted by Gasteiger charge is 2.46. The first-order valence-corrected chi connectivity index (χ1v) is 16.7. The number of nitrogens with one attached hydrogen (secondary N) is 1. The van der Waals surface area contributed by atoms with Gasteiger partial charge in [-0.05, 0) is 84.9 Å². The lowest BCUT2D eigenvalue weighted by Gasteiger charge is -2.28. The third kappa shape index (κ3) is 8.50. The molecule has 2 saturated carbocycles. The number of aliphatic hydroxyl groups is 5. The Hall–Kier alpha value is -3.09. The lowest BCUT2D eigenvalue weighted by Crippen LogP contribution is -2.52. The van der Waals surface area contributed by atoms with E-state index in [4.69, 9.17) is 21.4 Å². The number of halogens is 1. The Kier molecular flexibility index (Phi) is 11.6. The third-order valence-electron chi connectivity index (χ3n) is 9.35. The molecule has 5 atom stereocenters. The zero-order valence-corrected chi connectivity index (χ0v) is 27.7. The maximum absolute atomic E-state index is 12.6. The SMILES string of the molecule is CC(CCCN(C)C(=O)C(O)C(O)C(O)C(O)CO)c1ccc(Cl)c(CNC2(c3cnccc3-c3ccccc3OC3CC3)CC2)c1. The number of aliphatic hydroxyl groups excluding tert-OH is 5. The van der Waals surface area contributed by atoms with E-state index < -0.39 is 36.9 Å². The summed E-state index contributed by atoms with van der Waals surface area (Å²) in [4.78, 5) is 18.4. The highest BCUT2D eigenvalue weighted by Crippen LogP contribution is 2.50. The van der Waals surface area contributed by atoms with E-state index in [0.29, 0.717) is 30.6 Å². The molecule has 0 radical (unpaired) electrons. The number of rotatable bonds is 17. The van der Waals surface area contributed by atoms with E-state index in [2.05, 4.69) is 35.4 Å². The van der Waals surface area contributed by atoms with Crippen LogP contribution in [0.5, 0.6) is 5.75 Å². The predicted molar refractivity (Wildman–Crippen MR) is 179 cm³/mol. The van der Waals surface area contributed by atoms with Crippen LogP contribution in [0.1, 0.15) is 68.1 Å². The second-order valence-corrected chi connectivity index (χ2v) is 13.4. The number of hydrogen-bond donors (Lipinski definition) is 6. The number of pyridine rings is 1. The molecular weight excluding hydrogens is 622 g/mol. The molecule has 47 heavy (non-hydrogen) atoms. The highest BCUT2D eigenvalue weighted by atomic mass is 35.5. The van der Waals surface area contributed by atoms with Gasteiger partial charge in [0.1, 0.15) is 24.1 Å². The molecule has 2 aromatic carbocycles. The highest BCUT2D eigenvalue weighted by molar-refractivity contribution is 6.31. The van der Waals surface area contributed by atoms with Crippen LogP contribution in [0.15, 0.2) is 60.9 Å². The quantitative estimate of drug-likeness (QED) is 0.127. The fourth-order valence-electron chi connectivity index (χ4n) is 5.94. The zero-order chi connectivity index (χ0) is 33.7. The van der Waals surface area contributed by atoms with Gasteiger partial charge in [-0.15, -0.1) is 0 Å². The predicted octanol–water partition coefficient (Wildman–Crippen LogP) is 3.50. The summed E-state index contributed by atoms with van der Waals surface area (Å²) < 4.78 is 6.25. The van der Waals surface area contributed by atoms with Gasteiger partial charge in [0, 0.05) is 48.7 Å². The van der Waals surface area contributed by atoms with Crippen molar-refractivity contribution in [2.45, 2.75) is 94.0 Å². The standard InChI is InChI=1S/C36H46ClN3O7/c1-22(6-5-17-40(2)35(46)34(45)33(44)32(43)30(42)21-41)23-9-12-29(37)24(18-23)19-39-36(14-15-36)28-20-38-16-13-26(28)27-7-3-4-8-31(27)47-25-10-11-25/h3-4,7-9,12-13,16,18,20,22,25,30,32-34,39,41-45H,5-6,10-11,14-15,17,19,21H2,1-2H3. The van der Waals surface area contributed by atoms with Crippen molar-refractivity contribution in [1.29, 1.82) is 0 Å². The lowest BCUT2D eigenvalue weighted by molar-refractivity contribution is -0.157. The molecule has 2 aliphatic carbocycles. The Balaban J connectivity index is 1.19. The van der Waals surface area contributed by atoms with Gasteiger partial charge in [0.25, 0.3) is 5.91 Å². The summed E-state index contributed by atoms with van der Waals surface area (Å²) in [6.45, 7) is 2.20. The summed E-state index contributed by atoms with van der Waals surface area (Å²) >= 11 is 6.68. The largest absolute Gasteiger partial charge is 0.490 e. The van der Waals surface area contributed by atoms with Gasteiger partial charge in [0.2, 0.25) is 0 Å². The first-order chi connectivity index (χ1) is 22.5. The lowest BCUT2D eigenvalue weighted by atomic mass is 9.93. The number of carbonyl (C=O) groups is 1. The summed E-state index contributed by atoms with van der Waals surface area (Å²) in [6, 6.07) is 16.3. The molecule has 0 aliphatic heterocycles. The molecule has 10 nitrogen and oxygen atoms in total. The van der Waals surface area contributed by atoms with E-state index in [9.17, 15) is 25.2 Å². The Bertz CT molecular complexity index is 1520. The Labute approximate surface area is 281 Å². The van der Waals surface area contributed by atoms with Crippen molar-refractivity contribution < 1.29 is 35.1 Å². The Morgan fingerprint density at radius 3 is 2.53 bits per heavy atom. The fourth-order valence-corrected chi connectivity index (χ4v) is 6.13. The average Bonchev–Trinajstić information content (AvgIpc) is 4.04. The van der Waals surface area contributed by atoms with E-state index in [0.717, 1.165) is 65.7 Å². The van der Waals surface area contributed by atoms with Crippen molar-refractivity contribution in [3.05, 3.63) is 82.6 Å². The topological polar surface area (TPSA) is 156 Å². The van der Waals surface area contributed by atoms with Crippen molar-refractivity contribution in [3.8, 4) is 16.9 Å². The number of ether oxygens (including phenoxy) is 1. The van der Waals surface area contributed by atoms with Gasteiger partial charge in [-0.2, -0.15) is 0 Å². The first kappa shape index (κ1) is 35.2. The fraction of sp³-hybridized carbons (Fsp3) is 0.500. The minimum absolute atomic E-state index is 0.161. The van der Waals surface area contributed by atoms with E-state index in [-0.39, 0.29) is 11.5 Å². The van der Waals surface area contributed by atoms with E-state index in [1.165, 1.54) is 11.9 Å². The molecule has 5 unspecified atom stereocenters. The van der Waals surface area contributed by atoms with Crippen LogP contribution in [0.3, 0.4) is 0 Å². The normalized spacial score (nSPS) is 18.6. The maximum Gasteiger partial charge on any atom is 0.253 e. The molecule has 0 bridgehead atoms. The van der Waals surface area contributed by atoms with Gasteiger partial charge >= 0.3 is 0 Å². The molecular formula is C36H46ClN3O7. The van der Waals surface area contributed by atoms with Crippen molar-refractivity contribution in [3.63, 3.8) is 0 Å². The van der Waals surface area contributed by atoms with Gasteiger partial charge in [0.05, 0.1) is 12.7 Å². The molecule has 11 heteroatoms. The molecule has 1 heterocycles. The molecule has 0 spiro atoms. The number of amides is 1. The molecule has 3 aromatic rings. The van der Waals surface area contributed by atoms with Crippen LogP contribution in [0.4, 0.5) is 0 Å². The first-order valence-electron chi connectivity index (χ1n) is 16.4. The zero-order valence-electron chi connectivity index (χ0n) is 26.9. The Morgan fingerprint density at radius 1 is 1.09 bits per heavy atom. The second kappa shape index (κ2) is 15.4. The number of nitrogens with zero attached hydrogens (tertiary/aromatic N) is 2. The van der Waals surface area contributed by atoms with E-state index >= 15 is 0 Å². The van der Waals surface area contributed by atoms with Crippen LogP contribution in [0.25, 0.3) is 11.1 Å². The van der Waals surface area contributed by atoms with E-state index in [1.807, 2.05) is 42.7 Å². The molecule has 254 valence electrons. The van der Waals surface area contributed by atoms with Crippen LogP contribution in [-0.2, 0) is 16.9 Å². The van der Waals surface area contributed by atoms with Crippen molar-refractivity contribution in [2.75, 3.05) is 20.2 Å². The van der Waals surface area contributed by atoms with Gasteiger partial charge in [-0.1, -0.05) is 48.9 Å². The van der Waals surface area contributed by atoms with Gasteiger partial charge in [0.15, 0.2) is 6.10 Å². The van der Waals surface area contributed by atoms with Crippen molar-refractivity contribution >= 4 is 17.5 Å². The summed E-state index contributed by atoms with van der Waals surface area (Å²) in [6.07, 6.45) is 2.27. The average molecular weight is 668 g/mol. The summed E-state index contributed by atoms with van der Waals surface area (Å²) in [5.74, 6) is 0.289. The number of likely N-dealkylation sites (N-methyl/N-ethyl adjacent to an activating group) is 1. The summed E-state index contributed by atoms with van der Waals surface area (Å²) in [7, 11) is 1.50. The monoisotopic (exact) mass is 667 g/mol. The number of carbonyl (C=O) groups excluding carboxylic acids is 1. The number of aromatic nitrogens is 1. The molecule has 1 aromatic heterocycles. The number of hydrogen-bond acceptors (Lipinski definition) is 9. The molecule has 2 aliphatic rings. The van der Waals surface area contributed by atoms with Crippen LogP contribution in [-0.4, -0.2) is 92.0 Å². The molecule has 0 saturated heterocycles. The maximum atomic E-state index is 12.6. The number of para-hydroxylation sites is 1. The van der Waals surface area contributed by atoms with Crippen molar-refractivity contribution in [1.82, 2.24) is 15.2 Å². The second-order valence-electron chi connectivity index (χ2n) is 13.0. The van der Waals surface area contributed by atoms with Gasteiger partial charge < -0.3 is 40.5 Å². The molecule has 6 N–H and O–H groups in total. The van der Waals surface area contributed by atoms with Crippen LogP contribution in [0.2, 0.25) is 5.02 Å². The summed E-state index contributed by atoms with van der Waals surface area (Å²) in [5.41, 5.74) is 5.27.